The minimum Gasteiger partial charge on any atom is -0.347 e. The molecule has 25 heavy (non-hydrogen) atoms. The van der Waals surface area contributed by atoms with Gasteiger partial charge in [-0.2, -0.15) is 0 Å². The van der Waals surface area contributed by atoms with Gasteiger partial charge in [-0.15, -0.1) is 0 Å². The Morgan fingerprint density at radius 1 is 1.04 bits per heavy atom. The summed E-state index contributed by atoms with van der Waals surface area (Å²) in [5.74, 6) is 0.331. The topological polar surface area (TPSA) is 52.7 Å². The molecule has 5 nitrogen and oxygen atoms in total. The number of carbonyl (C=O) groups is 2. The van der Waals surface area contributed by atoms with Crippen molar-refractivity contribution in [3.8, 4) is 0 Å². The second-order valence-corrected chi connectivity index (χ2v) is 9.94. The van der Waals surface area contributed by atoms with Gasteiger partial charge in [0.25, 0.3) is 0 Å². The van der Waals surface area contributed by atoms with E-state index in [1.165, 1.54) is 0 Å². The Morgan fingerprint density at radius 3 is 2.08 bits per heavy atom. The fourth-order valence-electron chi connectivity index (χ4n) is 4.11. The highest BCUT2D eigenvalue weighted by Crippen LogP contribution is 2.39. The van der Waals surface area contributed by atoms with E-state index in [4.69, 9.17) is 0 Å². The summed E-state index contributed by atoms with van der Waals surface area (Å²) in [6.45, 7) is 11.4. The molecule has 1 saturated heterocycles. The van der Waals surface area contributed by atoms with E-state index in [0.29, 0.717) is 18.0 Å². The van der Waals surface area contributed by atoms with Gasteiger partial charge in [-0.3, -0.25) is 9.59 Å². The Labute approximate surface area is 153 Å². The van der Waals surface area contributed by atoms with Crippen LogP contribution < -0.4 is 5.32 Å². The van der Waals surface area contributed by atoms with Crippen molar-refractivity contribution >= 4 is 11.8 Å². The molecule has 2 fully saturated rings. The van der Waals surface area contributed by atoms with Gasteiger partial charge in [0, 0.05) is 38.1 Å². The molecule has 2 rings (SSSR count). The third-order valence-electron chi connectivity index (χ3n) is 5.82. The van der Waals surface area contributed by atoms with E-state index in [1.54, 1.807) is 19.0 Å². The molecule has 144 valence electrons. The first kappa shape index (κ1) is 20.2. The summed E-state index contributed by atoms with van der Waals surface area (Å²) in [5.41, 5.74) is -0.0130. The molecule has 0 aromatic carbocycles. The molecule has 1 aliphatic heterocycles. The van der Waals surface area contributed by atoms with Crippen molar-refractivity contribution in [1.29, 1.82) is 0 Å². The van der Waals surface area contributed by atoms with E-state index < -0.39 is 5.41 Å². The number of likely N-dealkylation sites (N-methyl/N-ethyl adjacent to an activating group) is 1. The number of hydrogen-bond donors (Lipinski definition) is 1. The Balaban J connectivity index is 2.16. The Hall–Kier alpha value is -1.10. The molecule has 0 aromatic rings. The lowest BCUT2D eigenvalue weighted by atomic mass is 9.74. The Kier molecular flexibility index (Phi) is 5.87. The van der Waals surface area contributed by atoms with Crippen LogP contribution in [0.5, 0.6) is 0 Å². The lowest BCUT2D eigenvalue weighted by Crippen LogP contribution is -2.53. The maximum Gasteiger partial charge on any atom is 0.239 e. The van der Waals surface area contributed by atoms with Crippen LogP contribution in [-0.4, -0.2) is 60.4 Å². The fourth-order valence-corrected chi connectivity index (χ4v) is 4.11. The zero-order valence-electron chi connectivity index (χ0n) is 17.2. The summed E-state index contributed by atoms with van der Waals surface area (Å²) < 4.78 is 0. The molecule has 0 aromatic heterocycles. The van der Waals surface area contributed by atoms with E-state index in [1.807, 2.05) is 20.8 Å². The summed E-state index contributed by atoms with van der Waals surface area (Å²) in [4.78, 5) is 29.3. The van der Waals surface area contributed by atoms with E-state index in [-0.39, 0.29) is 23.9 Å². The van der Waals surface area contributed by atoms with Crippen molar-refractivity contribution in [2.24, 2.45) is 10.8 Å². The molecular weight excluding hydrogens is 314 g/mol. The van der Waals surface area contributed by atoms with E-state index in [2.05, 4.69) is 24.1 Å². The highest BCUT2D eigenvalue weighted by atomic mass is 16.2. The van der Waals surface area contributed by atoms with Gasteiger partial charge in [0.15, 0.2) is 0 Å². The van der Waals surface area contributed by atoms with Crippen LogP contribution in [0.1, 0.15) is 66.7 Å². The van der Waals surface area contributed by atoms with Crippen LogP contribution in [0.2, 0.25) is 0 Å². The average molecular weight is 352 g/mol. The van der Waals surface area contributed by atoms with Crippen molar-refractivity contribution < 1.29 is 9.59 Å². The first-order chi connectivity index (χ1) is 11.4. The average Bonchev–Trinajstić information content (AvgIpc) is 2.96. The van der Waals surface area contributed by atoms with Crippen molar-refractivity contribution in [3.63, 3.8) is 0 Å². The smallest absolute Gasteiger partial charge is 0.239 e. The SMILES string of the molecule is CN(C)C(=O)[C@@H]1CC(N(C(=O)C(C)(C)C)C2CCC(C)(C)CC2)CN1. The maximum atomic E-state index is 13.2. The lowest BCUT2D eigenvalue weighted by molar-refractivity contribution is -0.146. The van der Waals surface area contributed by atoms with Gasteiger partial charge < -0.3 is 15.1 Å². The zero-order valence-corrected chi connectivity index (χ0v) is 17.2. The predicted molar refractivity (Wildman–Crippen MR) is 101 cm³/mol. The second kappa shape index (κ2) is 7.26. The van der Waals surface area contributed by atoms with Crippen molar-refractivity contribution in [2.75, 3.05) is 20.6 Å². The molecule has 0 bridgehead atoms. The van der Waals surface area contributed by atoms with Crippen molar-refractivity contribution in [1.82, 2.24) is 15.1 Å². The molecular formula is C20H37N3O2. The maximum absolute atomic E-state index is 13.2. The number of nitrogens with one attached hydrogen (secondary N) is 1. The number of amides is 2. The van der Waals surface area contributed by atoms with Gasteiger partial charge >= 0.3 is 0 Å². The van der Waals surface area contributed by atoms with Crippen LogP contribution in [0.25, 0.3) is 0 Å². The predicted octanol–water partition coefficient (Wildman–Crippen LogP) is 2.65. The number of nitrogens with zero attached hydrogens (tertiary/aromatic N) is 2. The summed E-state index contributed by atoms with van der Waals surface area (Å²) in [7, 11) is 3.58. The normalized spacial score (nSPS) is 27.2. The molecule has 1 N–H and O–H groups in total. The van der Waals surface area contributed by atoms with Crippen molar-refractivity contribution in [2.45, 2.75) is 84.8 Å². The van der Waals surface area contributed by atoms with Gasteiger partial charge in [0.2, 0.25) is 11.8 Å². The first-order valence-corrected chi connectivity index (χ1v) is 9.70. The minimum absolute atomic E-state index is 0.107. The van der Waals surface area contributed by atoms with Crippen LogP contribution in [0.15, 0.2) is 0 Å². The molecule has 0 radical (unpaired) electrons. The summed E-state index contributed by atoms with van der Waals surface area (Å²) in [5, 5.41) is 3.34. The van der Waals surface area contributed by atoms with E-state index in [9.17, 15) is 9.59 Å². The zero-order chi connectivity index (χ0) is 19.0. The highest BCUT2D eigenvalue weighted by Gasteiger charge is 2.43. The molecule has 1 aliphatic carbocycles. The van der Waals surface area contributed by atoms with Gasteiger partial charge in [-0.05, 0) is 37.5 Å². The van der Waals surface area contributed by atoms with Crippen LogP contribution in [0.3, 0.4) is 0 Å². The molecule has 2 atom stereocenters. The van der Waals surface area contributed by atoms with Crippen LogP contribution in [0, 0.1) is 10.8 Å². The summed E-state index contributed by atoms with van der Waals surface area (Å²) >= 11 is 0. The molecule has 1 saturated carbocycles. The largest absolute Gasteiger partial charge is 0.347 e. The summed E-state index contributed by atoms with van der Waals surface area (Å²) in [6.07, 6.45) is 5.17. The van der Waals surface area contributed by atoms with Crippen LogP contribution >= 0.6 is 0 Å². The number of hydrogen-bond acceptors (Lipinski definition) is 3. The quantitative estimate of drug-likeness (QED) is 0.850. The number of carbonyl (C=O) groups excluding carboxylic acids is 2. The van der Waals surface area contributed by atoms with Gasteiger partial charge in [-0.1, -0.05) is 34.6 Å². The van der Waals surface area contributed by atoms with Gasteiger partial charge in [0.05, 0.1) is 6.04 Å². The molecule has 2 amide bonds. The van der Waals surface area contributed by atoms with Crippen LogP contribution in [-0.2, 0) is 9.59 Å². The number of rotatable bonds is 3. The van der Waals surface area contributed by atoms with E-state index >= 15 is 0 Å². The third-order valence-corrected chi connectivity index (χ3v) is 5.82. The highest BCUT2D eigenvalue weighted by molar-refractivity contribution is 5.84. The molecule has 0 spiro atoms. The monoisotopic (exact) mass is 351 g/mol. The van der Waals surface area contributed by atoms with Crippen molar-refractivity contribution in [3.05, 3.63) is 0 Å². The lowest BCUT2D eigenvalue weighted by Gasteiger charge is -2.45. The Bertz CT molecular complexity index is 498. The Morgan fingerprint density at radius 2 is 1.60 bits per heavy atom. The molecule has 2 aliphatic rings. The second-order valence-electron chi connectivity index (χ2n) is 9.94. The molecule has 1 heterocycles. The van der Waals surface area contributed by atoms with Crippen LogP contribution in [0.4, 0.5) is 0 Å². The summed E-state index contributed by atoms with van der Waals surface area (Å²) in [6, 6.07) is 0.252. The third kappa shape index (κ3) is 4.75. The molecule has 5 heteroatoms. The van der Waals surface area contributed by atoms with E-state index in [0.717, 1.165) is 32.1 Å². The first-order valence-electron chi connectivity index (χ1n) is 9.70. The minimum atomic E-state index is -0.392. The standard InChI is InChI=1S/C20H37N3O2/c1-19(2,3)18(25)23(14-8-10-20(4,5)11-9-14)15-12-16(21-13-15)17(24)22(6)7/h14-16,21H,8-13H2,1-7H3/t15?,16-/m0/s1. The molecule has 1 unspecified atom stereocenters. The van der Waals surface area contributed by atoms with Gasteiger partial charge in [-0.25, -0.2) is 0 Å². The van der Waals surface area contributed by atoms with Gasteiger partial charge in [0.1, 0.15) is 0 Å². The fraction of sp³-hybridized carbons (Fsp3) is 0.900.